The number of urea groups is 1. The second kappa shape index (κ2) is 8.02. The van der Waals surface area contributed by atoms with Crippen LogP contribution in [0.5, 0.6) is 0 Å². The molecule has 170 valence electrons. The number of nitrogens with one attached hydrogen (secondary N) is 1. The zero-order valence-corrected chi connectivity index (χ0v) is 19.0. The Kier molecular flexibility index (Phi) is 5.15. The first-order chi connectivity index (χ1) is 15.9. The van der Waals surface area contributed by atoms with Gasteiger partial charge in [-0.05, 0) is 25.2 Å². The number of rotatable bonds is 4. The van der Waals surface area contributed by atoms with E-state index in [9.17, 15) is 9.59 Å². The number of hydrogen-bond acceptors (Lipinski definition) is 6. The van der Waals surface area contributed by atoms with Crippen molar-refractivity contribution in [2.45, 2.75) is 0 Å². The minimum Gasteiger partial charge on any atom is -0.378 e. The Morgan fingerprint density at radius 3 is 2.36 bits per heavy atom. The van der Waals surface area contributed by atoms with Gasteiger partial charge in [-0.15, -0.1) is 0 Å². The Morgan fingerprint density at radius 2 is 1.73 bits per heavy atom. The number of hydrogen-bond donors (Lipinski definition) is 2. The number of carbonyl (C=O) groups is 2. The number of piperazine rings is 1. The molecule has 1 saturated heterocycles. The summed E-state index contributed by atoms with van der Waals surface area (Å²) in [4.78, 5) is 30.5. The molecule has 1 aliphatic carbocycles. The molecule has 3 aromatic rings. The highest BCUT2D eigenvalue weighted by atomic mass is 16.2. The van der Waals surface area contributed by atoms with Crippen LogP contribution < -0.4 is 15.6 Å². The van der Waals surface area contributed by atoms with Gasteiger partial charge in [0.1, 0.15) is 5.69 Å². The van der Waals surface area contributed by atoms with E-state index in [1.165, 1.54) is 5.01 Å². The summed E-state index contributed by atoms with van der Waals surface area (Å²) in [6, 6.07) is 12.8. The van der Waals surface area contributed by atoms with Crippen molar-refractivity contribution >= 4 is 23.2 Å². The van der Waals surface area contributed by atoms with E-state index >= 15 is 0 Å². The van der Waals surface area contributed by atoms with E-state index in [4.69, 9.17) is 5.73 Å². The molecule has 0 spiro atoms. The first-order valence-corrected chi connectivity index (χ1v) is 10.9. The molecular weight excluding hydrogens is 418 g/mol. The Balaban J connectivity index is 1.56. The fraction of sp³-hybridized carbons (Fsp3) is 0.292. The van der Waals surface area contributed by atoms with Gasteiger partial charge in [-0.25, -0.2) is 14.8 Å². The maximum absolute atomic E-state index is 13.7. The molecule has 2 aromatic carbocycles. The van der Waals surface area contributed by atoms with Crippen molar-refractivity contribution in [2.24, 2.45) is 5.73 Å². The van der Waals surface area contributed by atoms with Crippen molar-refractivity contribution in [3.8, 4) is 22.5 Å². The maximum Gasteiger partial charge on any atom is 0.334 e. The molecule has 3 N–H and O–H groups in total. The summed E-state index contributed by atoms with van der Waals surface area (Å²) in [5, 5.41) is 10.9. The molecule has 1 fully saturated rings. The molecule has 2 aliphatic rings. The van der Waals surface area contributed by atoms with Crippen LogP contribution in [0.1, 0.15) is 15.9 Å². The van der Waals surface area contributed by atoms with Gasteiger partial charge in [-0.2, -0.15) is 5.10 Å². The van der Waals surface area contributed by atoms with Crippen LogP contribution in [-0.4, -0.2) is 79.2 Å². The zero-order chi connectivity index (χ0) is 23.3. The molecule has 1 aliphatic heterocycles. The molecule has 2 heterocycles. The number of primary amides is 1. The number of amides is 2. The highest BCUT2D eigenvalue weighted by molar-refractivity contribution is 6.27. The van der Waals surface area contributed by atoms with Crippen molar-refractivity contribution in [3.63, 3.8) is 0 Å². The van der Waals surface area contributed by atoms with Gasteiger partial charge in [0.2, 0.25) is 0 Å². The number of anilines is 2. The number of aromatic amines is 1. The Hall–Kier alpha value is -3.69. The van der Waals surface area contributed by atoms with Crippen LogP contribution in [0.25, 0.3) is 22.5 Å². The molecule has 2 amide bonds. The second-order valence-corrected chi connectivity index (χ2v) is 8.70. The predicted molar refractivity (Wildman–Crippen MR) is 128 cm³/mol. The van der Waals surface area contributed by atoms with Gasteiger partial charge < -0.3 is 15.5 Å². The van der Waals surface area contributed by atoms with Crippen molar-refractivity contribution in [1.82, 2.24) is 20.1 Å². The van der Waals surface area contributed by atoms with Gasteiger partial charge in [0.25, 0.3) is 0 Å². The summed E-state index contributed by atoms with van der Waals surface area (Å²) >= 11 is 0. The van der Waals surface area contributed by atoms with Gasteiger partial charge in [-0.3, -0.25) is 9.89 Å². The molecule has 0 bridgehead atoms. The third-order valence-corrected chi connectivity index (χ3v) is 6.39. The monoisotopic (exact) mass is 445 g/mol. The first kappa shape index (κ1) is 21.2. The third-order valence-electron chi connectivity index (χ3n) is 6.39. The van der Waals surface area contributed by atoms with Crippen LogP contribution in [0.4, 0.5) is 16.2 Å². The number of ketones is 1. The molecule has 0 unspecified atom stereocenters. The molecular formula is C24H27N7O2. The Bertz CT molecular complexity index is 1220. The lowest BCUT2D eigenvalue weighted by Gasteiger charge is -2.39. The van der Waals surface area contributed by atoms with Gasteiger partial charge in [-0.1, -0.05) is 24.3 Å². The van der Waals surface area contributed by atoms with Crippen molar-refractivity contribution < 1.29 is 9.59 Å². The lowest BCUT2D eigenvalue weighted by atomic mass is 10.0. The summed E-state index contributed by atoms with van der Waals surface area (Å²) < 4.78 is 0. The molecule has 0 radical (unpaired) electrons. The second-order valence-electron chi connectivity index (χ2n) is 8.70. The topological polar surface area (TPSA) is 102 Å². The number of nitrogens with two attached hydrogens (primary N) is 1. The normalized spacial score (nSPS) is 15.9. The smallest absolute Gasteiger partial charge is 0.334 e. The lowest BCUT2D eigenvalue weighted by molar-refractivity contribution is 0.104. The van der Waals surface area contributed by atoms with Crippen LogP contribution in [0.15, 0.2) is 42.5 Å². The Labute approximate surface area is 192 Å². The van der Waals surface area contributed by atoms with E-state index in [1.54, 1.807) is 6.07 Å². The summed E-state index contributed by atoms with van der Waals surface area (Å²) in [6.07, 6.45) is 0. The highest BCUT2D eigenvalue weighted by Gasteiger charge is 2.38. The third kappa shape index (κ3) is 3.46. The fourth-order valence-electron chi connectivity index (χ4n) is 4.58. The van der Waals surface area contributed by atoms with Gasteiger partial charge in [0.05, 0.1) is 22.5 Å². The summed E-state index contributed by atoms with van der Waals surface area (Å²) in [5.41, 5.74) is 11.2. The summed E-state index contributed by atoms with van der Waals surface area (Å²) in [6.45, 7) is 2.91. The van der Waals surface area contributed by atoms with Crippen LogP contribution >= 0.6 is 0 Å². The maximum atomic E-state index is 13.7. The molecule has 9 heteroatoms. The van der Waals surface area contributed by atoms with Crippen LogP contribution in [0.3, 0.4) is 0 Å². The standard InChI is InChI=1S/C24H27N7O2/c1-28(2)16-9-7-15(8-10-16)21-20-22(27-26-21)17-5-4-6-18(19(17)23(20)32)31(24(25)33)30-13-11-29(3)12-14-30/h4-10H,11-14H2,1-3H3,(H2,25,33)(H,26,27). The fourth-order valence-corrected chi connectivity index (χ4v) is 4.58. The predicted octanol–water partition coefficient (Wildman–Crippen LogP) is 2.40. The van der Waals surface area contributed by atoms with E-state index in [1.807, 2.05) is 67.5 Å². The van der Waals surface area contributed by atoms with E-state index < -0.39 is 6.03 Å². The van der Waals surface area contributed by atoms with Crippen molar-refractivity contribution in [3.05, 3.63) is 53.6 Å². The molecule has 0 saturated carbocycles. The summed E-state index contributed by atoms with van der Waals surface area (Å²) in [5.74, 6) is -0.156. The van der Waals surface area contributed by atoms with Crippen molar-refractivity contribution in [2.75, 3.05) is 57.2 Å². The molecule has 5 rings (SSSR count). The van der Waals surface area contributed by atoms with Gasteiger partial charge in [0, 0.05) is 57.1 Å². The number of fused-ring (bicyclic) bond motifs is 3. The van der Waals surface area contributed by atoms with Gasteiger partial charge in [0.15, 0.2) is 5.78 Å². The van der Waals surface area contributed by atoms with Crippen LogP contribution in [-0.2, 0) is 0 Å². The minimum atomic E-state index is -0.603. The molecule has 0 atom stereocenters. The Morgan fingerprint density at radius 1 is 1.03 bits per heavy atom. The lowest BCUT2D eigenvalue weighted by Crippen LogP contribution is -2.56. The highest BCUT2D eigenvalue weighted by Crippen LogP contribution is 2.44. The quantitative estimate of drug-likeness (QED) is 0.500. The minimum absolute atomic E-state index is 0.156. The average molecular weight is 446 g/mol. The number of aromatic nitrogens is 2. The van der Waals surface area contributed by atoms with E-state index in [0.717, 1.165) is 29.9 Å². The number of hydrazine groups is 1. The molecule has 33 heavy (non-hydrogen) atoms. The average Bonchev–Trinajstić information content (AvgIpc) is 3.35. The van der Waals surface area contributed by atoms with E-state index in [-0.39, 0.29) is 5.78 Å². The van der Waals surface area contributed by atoms with Crippen LogP contribution in [0.2, 0.25) is 0 Å². The van der Waals surface area contributed by atoms with E-state index in [2.05, 4.69) is 15.1 Å². The molecule has 1 aromatic heterocycles. The van der Waals surface area contributed by atoms with E-state index in [0.29, 0.717) is 41.3 Å². The first-order valence-electron chi connectivity index (χ1n) is 10.9. The summed E-state index contributed by atoms with van der Waals surface area (Å²) in [7, 11) is 6.00. The largest absolute Gasteiger partial charge is 0.378 e. The van der Waals surface area contributed by atoms with Gasteiger partial charge >= 0.3 is 6.03 Å². The number of carbonyl (C=O) groups excluding carboxylic acids is 2. The number of likely N-dealkylation sites (N-methyl/N-ethyl adjacent to an activating group) is 1. The number of nitrogens with zero attached hydrogens (tertiary/aromatic N) is 5. The van der Waals surface area contributed by atoms with Crippen LogP contribution in [0, 0.1) is 0 Å². The number of benzene rings is 2. The zero-order valence-electron chi connectivity index (χ0n) is 19.0. The SMILES string of the molecule is CN1CCN(N(C(N)=O)c2cccc3c2C(=O)c2c(-c4ccc(N(C)C)cc4)n[nH]c2-3)CC1. The molecule has 9 nitrogen and oxygen atoms in total. The van der Waals surface area contributed by atoms with Crippen molar-refractivity contribution in [1.29, 1.82) is 0 Å². The number of H-pyrrole nitrogens is 1.